The van der Waals surface area contributed by atoms with Crippen LogP contribution in [0.4, 0.5) is 26.3 Å². The predicted molar refractivity (Wildman–Crippen MR) is 225 cm³/mol. The van der Waals surface area contributed by atoms with Crippen LogP contribution in [0.25, 0.3) is 32.0 Å². The summed E-state index contributed by atoms with van der Waals surface area (Å²) < 4.78 is 110. The number of alkyl halides is 6. The summed E-state index contributed by atoms with van der Waals surface area (Å²) in [6, 6.07) is 10.7. The fourth-order valence-electron chi connectivity index (χ4n) is 6.61. The molecule has 0 aliphatic carbocycles. The molecule has 0 bridgehead atoms. The molecule has 0 spiro atoms. The first-order chi connectivity index (χ1) is 29.1. The third kappa shape index (κ3) is 10.5. The Labute approximate surface area is 368 Å². The second-order valence-corrected chi connectivity index (χ2v) is 15.0. The van der Waals surface area contributed by atoms with Crippen LogP contribution in [0.2, 0.25) is 5.02 Å². The lowest BCUT2D eigenvalue weighted by atomic mass is 9.97. The van der Waals surface area contributed by atoms with Crippen LogP contribution in [0.3, 0.4) is 0 Å². The number of hydrogen-bond donors (Lipinski definition) is 1. The third-order valence-corrected chi connectivity index (χ3v) is 11.3. The fourth-order valence-corrected chi connectivity index (χ4v) is 7.94. The Morgan fingerprint density at radius 2 is 1.74 bits per heavy atom. The van der Waals surface area contributed by atoms with Crippen molar-refractivity contribution < 1.29 is 54.9 Å². The maximum absolute atomic E-state index is 16.6. The molecule has 326 valence electrons. The Morgan fingerprint density at radius 3 is 2.43 bits per heavy atom. The standard InChI is InChI=1S/C39H35ClF6N6O6S.CH3I/c1-22-24(7-8-27(32(22)40)55-18-17-51-15-13-50(2)14-16-51)30-31-35(47-21-48-36(31)59-33(30)28-9-10-29(41)57-28)58-34(37(53)54)39(45,46)25-5-3-4-6-26(25)56-19-23-11-12-49-52(23)20-38(42,43)44;1-2/h3-12,21,34H,13-20H2,1-2H3,(H,53,54);1H3. The highest BCUT2D eigenvalue weighted by Gasteiger charge is 2.51. The van der Waals surface area contributed by atoms with Gasteiger partial charge in [-0.1, -0.05) is 52.4 Å². The largest absolute Gasteiger partial charge is 0.491 e. The number of halogens is 8. The first-order valence-corrected chi connectivity index (χ1v) is 21.8. The van der Waals surface area contributed by atoms with E-state index in [1.54, 1.807) is 19.1 Å². The van der Waals surface area contributed by atoms with E-state index in [-0.39, 0.29) is 32.3 Å². The SMILES string of the molecule is CI.Cc1c(-c2c(-c3ccc(F)o3)sc3ncnc(OC(C(=O)O)C(F)(F)c4ccccc4OCc4ccnn4CC(F)(F)F)c23)ccc(OCCN2CCN(C)CC2)c1Cl. The molecule has 1 saturated heterocycles. The van der Waals surface area contributed by atoms with Gasteiger partial charge in [0.15, 0.2) is 0 Å². The van der Waals surface area contributed by atoms with Crippen molar-refractivity contribution in [1.82, 2.24) is 29.5 Å². The summed E-state index contributed by atoms with van der Waals surface area (Å²) in [5, 5.41) is 14.1. The van der Waals surface area contributed by atoms with Crippen LogP contribution in [0.15, 0.2) is 71.5 Å². The number of furan rings is 1. The molecule has 21 heteroatoms. The number of rotatable bonds is 15. The van der Waals surface area contributed by atoms with Crippen molar-refractivity contribution in [1.29, 1.82) is 0 Å². The first kappa shape index (κ1) is 45.9. The normalized spacial score (nSPS) is 14.4. The van der Waals surface area contributed by atoms with Crippen LogP contribution >= 0.6 is 45.5 Å². The van der Waals surface area contributed by atoms with Crippen molar-refractivity contribution >= 4 is 61.7 Å². The minimum Gasteiger partial charge on any atom is -0.491 e. The van der Waals surface area contributed by atoms with Crippen molar-refractivity contribution in [3.63, 3.8) is 0 Å². The molecule has 1 unspecified atom stereocenters. The van der Waals surface area contributed by atoms with E-state index in [0.717, 1.165) is 68.2 Å². The van der Waals surface area contributed by atoms with Gasteiger partial charge in [0.05, 0.1) is 26.5 Å². The smallest absolute Gasteiger partial charge is 0.408 e. The quantitative estimate of drug-likeness (QED) is 0.0601. The van der Waals surface area contributed by atoms with E-state index in [1.807, 2.05) is 4.93 Å². The highest BCUT2D eigenvalue weighted by molar-refractivity contribution is 14.1. The van der Waals surface area contributed by atoms with E-state index in [1.165, 1.54) is 24.3 Å². The summed E-state index contributed by atoms with van der Waals surface area (Å²) in [7, 11) is 2.07. The maximum atomic E-state index is 16.6. The summed E-state index contributed by atoms with van der Waals surface area (Å²) in [6.07, 6.45) is -5.45. The van der Waals surface area contributed by atoms with E-state index in [4.69, 9.17) is 30.2 Å². The van der Waals surface area contributed by atoms with Gasteiger partial charge in [0.2, 0.25) is 5.88 Å². The Hall–Kier alpha value is -4.64. The predicted octanol–water partition coefficient (Wildman–Crippen LogP) is 9.36. The van der Waals surface area contributed by atoms with Crippen LogP contribution in [0, 0.1) is 12.9 Å². The zero-order valence-electron chi connectivity index (χ0n) is 32.7. The molecule has 61 heavy (non-hydrogen) atoms. The van der Waals surface area contributed by atoms with Gasteiger partial charge in [-0.05, 0) is 60.4 Å². The molecule has 2 aromatic carbocycles. The molecular formula is C40H38ClF6IN6O6S. The van der Waals surface area contributed by atoms with Crippen LogP contribution in [0.1, 0.15) is 16.8 Å². The summed E-state index contributed by atoms with van der Waals surface area (Å²) >= 11 is 10.0. The van der Waals surface area contributed by atoms with Gasteiger partial charge in [-0.15, -0.1) is 11.3 Å². The zero-order valence-corrected chi connectivity index (χ0v) is 36.4. The number of para-hydroxylation sites is 1. The lowest BCUT2D eigenvalue weighted by Crippen LogP contribution is -2.45. The second kappa shape index (κ2) is 19.6. The average molecular weight is 1010 g/mol. The van der Waals surface area contributed by atoms with E-state index in [2.05, 4.69) is 54.5 Å². The monoisotopic (exact) mass is 1010 g/mol. The Balaban J connectivity index is 0.00000307. The Bertz CT molecular complexity index is 2460. The van der Waals surface area contributed by atoms with Gasteiger partial charge in [-0.25, -0.2) is 14.8 Å². The van der Waals surface area contributed by atoms with E-state index < -0.39 is 60.5 Å². The number of thiophene rings is 1. The van der Waals surface area contributed by atoms with Gasteiger partial charge < -0.3 is 28.6 Å². The van der Waals surface area contributed by atoms with Crippen LogP contribution in [-0.4, -0.2) is 104 Å². The molecule has 1 N–H and O–H groups in total. The summed E-state index contributed by atoms with van der Waals surface area (Å²) in [4.78, 5) is 28.1. The minimum atomic E-state index is -4.62. The fraction of sp³-hybridized carbons (Fsp3) is 0.350. The third-order valence-electron chi connectivity index (χ3n) is 9.67. The molecule has 4 aromatic heterocycles. The van der Waals surface area contributed by atoms with E-state index in [0.29, 0.717) is 39.6 Å². The highest BCUT2D eigenvalue weighted by Crippen LogP contribution is 2.50. The van der Waals surface area contributed by atoms with Crippen LogP contribution in [-0.2, 0) is 23.9 Å². The van der Waals surface area contributed by atoms with Crippen molar-refractivity contribution in [3.05, 3.63) is 95.0 Å². The summed E-state index contributed by atoms with van der Waals surface area (Å²) in [6.45, 7) is 4.36. The number of benzene rings is 2. The minimum absolute atomic E-state index is 0.0109. The zero-order chi connectivity index (χ0) is 44.1. The number of ether oxygens (including phenoxy) is 3. The van der Waals surface area contributed by atoms with Crippen LogP contribution < -0.4 is 14.2 Å². The number of nitrogens with zero attached hydrogens (tertiary/aromatic N) is 6. The highest BCUT2D eigenvalue weighted by atomic mass is 127. The molecule has 0 radical (unpaired) electrons. The molecule has 0 saturated carbocycles. The topological polar surface area (TPSA) is 128 Å². The molecule has 6 aromatic rings. The van der Waals surface area contributed by atoms with Gasteiger partial charge in [-0.3, -0.25) is 9.58 Å². The Morgan fingerprint density at radius 1 is 1.00 bits per heavy atom. The lowest BCUT2D eigenvalue weighted by molar-refractivity contribution is -0.169. The molecule has 5 heterocycles. The molecule has 7 rings (SSSR count). The van der Waals surface area contributed by atoms with Gasteiger partial charge in [-0.2, -0.15) is 31.4 Å². The number of hydrogen-bond acceptors (Lipinski definition) is 11. The number of piperazine rings is 1. The van der Waals surface area contributed by atoms with Gasteiger partial charge in [0.1, 0.15) is 48.2 Å². The molecule has 1 aliphatic heterocycles. The maximum Gasteiger partial charge on any atom is 0.408 e. The van der Waals surface area contributed by atoms with Crippen molar-refractivity contribution in [2.75, 3.05) is 51.3 Å². The summed E-state index contributed by atoms with van der Waals surface area (Å²) in [5.74, 6) is -7.05. The van der Waals surface area contributed by atoms with Crippen LogP contribution in [0.5, 0.6) is 17.4 Å². The molecule has 1 aliphatic rings. The second-order valence-electron chi connectivity index (χ2n) is 13.7. The van der Waals surface area contributed by atoms with Gasteiger partial charge >= 0.3 is 18.1 Å². The lowest BCUT2D eigenvalue weighted by Gasteiger charge is -2.32. The number of likely N-dealkylation sites (N-methyl/N-ethyl adjacent to an activating group) is 1. The van der Waals surface area contributed by atoms with Crippen molar-refractivity contribution in [3.8, 4) is 39.1 Å². The molecule has 0 amide bonds. The number of fused-ring (bicyclic) bond motifs is 1. The number of carboxylic acid groups (broad SMARTS) is 1. The molecule has 1 atom stereocenters. The molecule has 1 fully saturated rings. The molecule has 12 nitrogen and oxygen atoms in total. The number of aromatic nitrogens is 4. The van der Waals surface area contributed by atoms with E-state index in [9.17, 15) is 27.5 Å². The van der Waals surface area contributed by atoms with Crippen molar-refractivity contribution in [2.45, 2.75) is 38.3 Å². The van der Waals surface area contributed by atoms with Crippen molar-refractivity contribution in [2.24, 2.45) is 0 Å². The first-order valence-electron chi connectivity index (χ1n) is 18.4. The van der Waals surface area contributed by atoms with Gasteiger partial charge in [0.25, 0.3) is 12.1 Å². The number of carboxylic acids is 1. The van der Waals surface area contributed by atoms with Gasteiger partial charge in [0, 0.05) is 50.6 Å². The number of aliphatic carboxylic acids is 1. The Kier molecular flexibility index (Phi) is 14.7. The number of carbonyl (C=O) groups is 1. The van der Waals surface area contributed by atoms with E-state index >= 15 is 8.78 Å². The average Bonchev–Trinajstić information content (AvgIpc) is 3.97. The molecular weight excluding hydrogens is 969 g/mol. The summed E-state index contributed by atoms with van der Waals surface area (Å²) in [5.41, 5.74) is 0.135.